The Balaban J connectivity index is 1.47. The van der Waals surface area contributed by atoms with Crippen molar-refractivity contribution >= 4 is 45.9 Å². The van der Waals surface area contributed by atoms with E-state index >= 15 is 0 Å². The summed E-state index contributed by atoms with van der Waals surface area (Å²) in [7, 11) is 0. The van der Waals surface area contributed by atoms with Crippen molar-refractivity contribution in [3.63, 3.8) is 0 Å². The van der Waals surface area contributed by atoms with E-state index in [9.17, 15) is 9.90 Å². The number of nitrogens with zero attached hydrogens (tertiary/aromatic N) is 1. The average Bonchev–Trinajstić information content (AvgIpc) is 2.94. The summed E-state index contributed by atoms with van der Waals surface area (Å²) in [6.07, 6.45) is 4.49. The summed E-state index contributed by atoms with van der Waals surface area (Å²) in [6.45, 7) is 2.72. The Bertz CT molecular complexity index is 783. The first kappa shape index (κ1) is 18.5. The summed E-state index contributed by atoms with van der Waals surface area (Å²) in [5.74, 6) is 0.299. The fourth-order valence-electron chi connectivity index (χ4n) is 2.97. The van der Waals surface area contributed by atoms with Gasteiger partial charge in [0.25, 0.3) is 0 Å². The molecule has 1 aromatic carbocycles. The van der Waals surface area contributed by atoms with Crippen molar-refractivity contribution in [2.75, 3.05) is 19.6 Å². The lowest BCUT2D eigenvalue weighted by Gasteiger charge is -2.26. The first-order chi connectivity index (χ1) is 12.0. The second kappa shape index (κ2) is 8.37. The van der Waals surface area contributed by atoms with Crippen molar-refractivity contribution in [3.05, 3.63) is 56.2 Å². The van der Waals surface area contributed by atoms with Crippen LogP contribution in [0.5, 0.6) is 5.75 Å². The van der Waals surface area contributed by atoms with Crippen LogP contribution in [0.4, 0.5) is 0 Å². The number of hydrogen-bond donors (Lipinski definition) is 1. The molecule has 2 heterocycles. The normalized spacial score (nSPS) is 15.2. The molecule has 0 amide bonds. The van der Waals surface area contributed by atoms with Gasteiger partial charge >= 0.3 is 0 Å². The predicted molar refractivity (Wildman–Crippen MR) is 105 cm³/mol. The maximum atomic E-state index is 12.1. The zero-order chi connectivity index (χ0) is 17.8. The Kier molecular flexibility index (Phi) is 6.18. The van der Waals surface area contributed by atoms with Gasteiger partial charge in [0.15, 0.2) is 5.78 Å². The molecule has 0 spiro atoms. The van der Waals surface area contributed by atoms with E-state index in [1.54, 1.807) is 24.3 Å². The summed E-state index contributed by atoms with van der Waals surface area (Å²) in [5, 5.41) is 9.27. The minimum Gasteiger partial charge on any atom is -0.508 e. The number of Topliss-reactive ketones (excluding diaryl/α,β-unsaturated/α-hetero) is 1. The van der Waals surface area contributed by atoms with E-state index in [2.05, 4.69) is 11.0 Å². The summed E-state index contributed by atoms with van der Waals surface area (Å²) in [5.41, 5.74) is 2.96. The number of phenolic OH excluding ortho intramolecular Hbond substituents is 1. The summed E-state index contributed by atoms with van der Waals surface area (Å²) >= 11 is 13.7. The summed E-state index contributed by atoms with van der Waals surface area (Å²) in [6, 6.07) is 8.37. The fraction of sp³-hybridized carbons (Fsp3) is 0.316. The average molecular weight is 396 g/mol. The van der Waals surface area contributed by atoms with Gasteiger partial charge in [-0.2, -0.15) is 0 Å². The van der Waals surface area contributed by atoms with Gasteiger partial charge in [-0.3, -0.25) is 9.69 Å². The predicted octanol–water partition coefficient (Wildman–Crippen LogP) is 5.51. The van der Waals surface area contributed by atoms with Crippen LogP contribution < -0.4 is 0 Å². The highest BCUT2D eigenvalue weighted by Crippen LogP contribution is 2.37. The molecule has 0 atom stereocenters. The van der Waals surface area contributed by atoms with Crippen LogP contribution in [0.3, 0.4) is 0 Å². The van der Waals surface area contributed by atoms with Gasteiger partial charge in [0.1, 0.15) is 10.1 Å². The van der Waals surface area contributed by atoms with Gasteiger partial charge < -0.3 is 5.11 Å². The molecule has 1 N–H and O–H groups in total. The molecule has 1 aliphatic heterocycles. The zero-order valence-corrected chi connectivity index (χ0v) is 16.0. The topological polar surface area (TPSA) is 40.5 Å². The first-order valence-corrected chi connectivity index (χ1v) is 9.79. The highest BCUT2D eigenvalue weighted by atomic mass is 35.5. The SMILES string of the molecule is O=C(CCCN1CC=C(c2cc(Cl)sc2Cl)CC1)c1ccc(O)cc1. The molecule has 0 radical (unpaired) electrons. The van der Waals surface area contributed by atoms with Gasteiger partial charge in [-0.15, -0.1) is 11.3 Å². The van der Waals surface area contributed by atoms with Crippen LogP contribution in [-0.4, -0.2) is 35.4 Å². The number of aromatic hydroxyl groups is 1. The van der Waals surface area contributed by atoms with E-state index in [1.165, 1.54) is 16.9 Å². The van der Waals surface area contributed by atoms with Crippen LogP contribution in [0.1, 0.15) is 35.2 Å². The molecular formula is C19H19Cl2NO2S. The van der Waals surface area contributed by atoms with Crippen LogP contribution in [0, 0.1) is 0 Å². The second-order valence-electron chi connectivity index (χ2n) is 6.09. The van der Waals surface area contributed by atoms with Crippen LogP contribution in [0.2, 0.25) is 8.67 Å². The van der Waals surface area contributed by atoms with E-state index < -0.39 is 0 Å². The molecular weight excluding hydrogens is 377 g/mol. The van der Waals surface area contributed by atoms with Crippen LogP contribution >= 0.6 is 34.5 Å². The minimum atomic E-state index is 0.118. The van der Waals surface area contributed by atoms with Gasteiger partial charge in [-0.05, 0) is 55.3 Å². The quantitative estimate of drug-likeness (QED) is 0.655. The van der Waals surface area contributed by atoms with E-state index in [-0.39, 0.29) is 11.5 Å². The van der Waals surface area contributed by atoms with E-state index in [4.69, 9.17) is 23.2 Å². The number of ketones is 1. The Morgan fingerprint density at radius 3 is 2.60 bits per heavy atom. The van der Waals surface area contributed by atoms with E-state index in [0.29, 0.717) is 12.0 Å². The third-order valence-corrected chi connectivity index (χ3v) is 5.85. The molecule has 0 fully saturated rings. The van der Waals surface area contributed by atoms with Crippen molar-refractivity contribution in [1.82, 2.24) is 4.90 Å². The maximum Gasteiger partial charge on any atom is 0.162 e. The number of halogens is 2. The van der Waals surface area contributed by atoms with Gasteiger partial charge in [-0.1, -0.05) is 29.3 Å². The Morgan fingerprint density at radius 2 is 2.00 bits per heavy atom. The molecule has 0 bridgehead atoms. The zero-order valence-electron chi connectivity index (χ0n) is 13.7. The molecule has 3 rings (SSSR count). The summed E-state index contributed by atoms with van der Waals surface area (Å²) < 4.78 is 1.47. The molecule has 0 saturated carbocycles. The lowest BCUT2D eigenvalue weighted by Crippen LogP contribution is -2.29. The highest BCUT2D eigenvalue weighted by molar-refractivity contribution is 7.20. The highest BCUT2D eigenvalue weighted by Gasteiger charge is 2.17. The Hall–Kier alpha value is -1.33. The lowest BCUT2D eigenvalue weighted by atomic mass is 10.0. The second-order valence-corrected chi connectivity index (χ2v) is 8.38. The van der Waals surface area contributed by atoms with Crippen molar-refractivity contribution in [3.8, 4) is 5.75 Å². The van der Waals surface area contributed by atoms with Crippen molar-refractivity contribution in [2.45, 2.75) is 19.3 Å². The summed E-state index contributed by atoms with van der Waals surface area (Å²) in [4.78, 5) is 14.5. The number of rotatable bonds is 6. The number of carbonyl (C=O) groups is 1. The molecule has 6 heteroatoms. The number of benzene rings is 1. The molecule has 132 valence electrons. The van der Waals surface area contributed by atoms with Crippen molar-refractivity contribution in [1.29, 1.82) is 0 Å². The fourth-order valence-corrected chi connectivity index (χ4v) is 4.51. The van der Waals surface area contributed by atoms with Crippen molar-refractivity contribution in [2.24, 2.45) is 0 Å². The van der Waals surface area contributed by atoms with Crippen LogP contribution in [0.25, 0.3) is 5.57 Å². The van der Waals surface area contributed by atoms with Crippen molar-refractivity contribution < 1.29 is 9.90 Å². The number of phenols is 1. The smallest absolute Gasteiger partial charge is 0.162 e. The largest absolute Gasteiger partial charge is 0.508 e. The standard InChI is InChI=1S/C19H19Cl2NO2S/c20-18-12-16(19(21)25-18)13-7-10-22(11-8-13)9-1-2-17(24)14-3-5-15(23)6-4-14/h3-7,12,23H,1-2,8-11H2. The van der Waals surface area contributed by atoms with Gasteiger partial charge in [0, 0.05) is 30.6 Å². The van der Waals surface area contributed by atoms with Crippen LogP contribution in [-0.2, 0) is 0 Å². The Morgan fingerprint density at radius 1 is 1.24 bits per heavy atom. The molecule has 1 aromatic heterocycles. The third-order valence-electron chi connectivity index (χ3n) is 4.36. The molecule has 25 heavy (non-hydrogen) atoms. The molecule has 1 aliphatic rings. The molecule has 2 aromatic rings. The van der Waals surface area contributed by atoms with Crippen LogP contribution in [0.15, 0.2) is 36.4 Å². The first-order valence-electron chi connectivity index (χ1n) is 8.22. The number of hydrogen-bond acceptors (Lipinski definition) is 4. The van der Waals surface area contributed by atoms with Gasteiger partial charge in [0.05, 0.1) is 4.34 Å². The maximum absolute atomic E-state index is 12.1. The lowest BCUT2D eigenvalue weighted by molar-refractivity contribution is 0.0975. The monoisotopic (exact) mass is 395 g/mol. The third kappa shape index (κ3) is 4.85. The molecule has 0 unspecified atom stereocenters. The molecule has 0 aliphatic carbocycles. The molecule has 0 saturated heterocycles. The van der Waals surface area contributed by atoms with E-state index in [1.807, 2.05) is 6.07 Å². The van der Waals surface area contributed by atoms with E-state index in [0.717, 1.165) is 46.7 Å². The Labute approximate surface area is 161 Å². The minimum absolute atomic E-state index is 0.118. The number of carbonyl (C=O) groups excluding carboxylic acids is 1. The van der Waals surface area contributed by atoms with Gasteiger partial charge in [-0.25, -0.2) is 0 Å². The number of thiophene rings is 1. The van der Waals surface area contributed by atoms with Gasteiger partial charge in [0.2, 0.25) is 0 Å². The molecule has 3 nitrogen and oxygen atoms in total.